The van der Waals surface area contributed by atoms with Crippen LogP contribution in [0.3, 0.4) is 0 Å². The molecule has 27 heavy (non-hydrogen) atoms. The van der Waals surface area contributed by atoms with E-state index in [9.17, 15) is 0 Å². The molecule has 1 aliphatic heterocycles. The van der Waals surface area contributed by atoms with Crippen molar-refractivity contribution in [3.63, 3.8) is 0 Å². The maximum atomic E-state index is 6.41. The molecule has 1 saturated heterocycles. The van der Waals surface area contributed by atoms with E-state index >= 15 is 0 Å². The monoisotopic (exact) mass is 414 g/mol. The molecular formula is C19H28Cl2N4O2. The summed E-state index contributed by atoms with van der Waals surface area (Å²) in [5.74, 6) is 1.69. The fourth-order valence-electron chi connectivity index (χ4n) is 3.07. The molecule has 0 saturated carbocycles. The first-order chi connectivity index (χ1) is 12.5. The van der Waals surface area contributed by atoms with Gasteiger partial charge >= 0.3 is 0 Å². The van der Waals surface area contributed by atoms with Crippen LogP contribution in [0.1, 0.15) is 50.2 Å². The van der Waals surface area contributed by atoms with Gasteiger partial charge in [-0.2, -0.15) is 4.98 Å². The maximum absolute atomic E-state index is 6.41. The van der Waals surface area contributed by atoms with Gasteiger partial charge in [-0.15, -0.1) is 12.4 Å². The van der Waals surface area contributed by atoms with Crippen LogP contribution in [0.5, 0.6) is 0 Å². The average molecular weight is 415 g/mol. The van der Waals surface area contributed by atoms with Gasteiger partial charge in [0.25, 0.3) is 0 Å². The summed E-state index contributed by atoms with van der Waals surface area (Å²) in [6, 6.07) is 8.17. The van der Waals surface area contributed by atoms with E-state index in [-0.39, 0.29) is 24.6 Å². The van der Waals surface area contributed by atoms with Gasteiger partial charge in [0.05, 0.1) is 6.54 Å². The largest absolute Gasteiger partial charge is 0.370 e. The predicted molar refractivity (Wildman–Crippen MR) is 108 cm³/mol. The van der Waals surface area contributed by atoms with Gasteiger partial charge in [-0.3, -0.25) is 4.90 Å². The van der Waals surface area contributed by atoms with Crippen molar-refractivity contribution in [1.29, 1.82) is 0 Å². The van der Waals surface area contributed by atoms with Gasteiger partial charge in [0.1, 0.15) is 6.10 Å². The molecule has 0 bridgehead atoms. The van der Waals surface area contributed by atoms with Gasteiger partial charge in [-0.05, 0) is 24.5 Å². The molecule has 1 aromatic heterocycles. The average Bonchev–Trinajstić information content (AvgIpc) is 3.09. The highest BCUT2D eigenvalue weighted by molar-refractivity contribution is 6.31. The summed E-state index contributed by atoms with van der Waals surface area (Å²) in [4.78, 5) is 6.86. The molecule has 2 atom stereocenters. The van der Waals surface area contributed by atoms with E-state index in [2.05, 4.69) is 40.3 Å². The van der Waals surface area contributed by atoms with Crippen LogP contribution in [0.15, 0.2) is 28.8 Å². The summed E-state index contributed by atoms with van der Waals surface area (Å²) < 4.78 is 11.2. The Balaban J connectivity index is 0.00000261. The van der Waals surface area contributed by atoms with Crippen molar-refractivity contribution in [3.8, 4) is 0 Å². The number of ether oxygens (including phenoxy) is 1. The van der Waals surface area contributed by atoms with Gasteiger partial charge in [0.15, 0.2) is 5.82 Å². The first-order valence-corrected chi connectivity index (χ1v) is 9.55. The Hall–Kier alpha value is -1.18. The number of piperazine rings is 1. The fourth-order valence-corrected chi connectivity index (χ4v) is 3.33. The van der Waals surface area contributed by atoms with E-state index in [0.29, 0.717) is 30.8 Å². The molecular weight excluding hydrogens is 387 g/mol. The zero-order chi connectivity index (χ0) is 18.5. The van der Waals surface area contributed by atoms with Crippen LogP contribution in [0, 0.1) is 5.92 Å². The minimum absolute atomic E-state index is 0. The topological polar surface area (TPSA) is 63.4 Å². The number of aromatic nitrogens is 2. The molecule has 2 heterocycles. The first-order valence-electron chi connectivity index (χ1n) is 9.18. The van der Waals surface area contributed by atoms with Crippen molar-refractivity contribution < 1.29 is 9.26 Å². The summed E-state index contributed by atoms with van der Waals surface area (Å²) in [5, 5.41) is 8.32. The number of hydrogen-bond donors (Lipinski definition) is 1. The lowest BCUT2D eigenvalue weighted by Gasteiger charge is -2.35. The van der Waals surface area contributed by atoms with E-state index in [0.717, 1.165) is 30.2 Å². The Bertz CT molecular complexity index is 711. The third kappa shape index (κ3) is 5.90. The second-order valence-electron chi connectivity index (χ2n) is 7.13. The molecule has 0 amide bonds. The van der Waals surface area contributed by atoms with Crippen molar-refractivity contribution in [1.82, 2.24) is 20.4 Å². The third-order valence-corrected chi connectivity index (χ3v) is 4.83. The van der Waals surface area contributed by atoms with E-state index in [1.807, 2.05) is 25.1 Å². The standard InChI is InChI=1S/C19H27ClN4O2.ClH/c1-13(2)12-25-14(3)19-22-18(26-23-19)11-24-9-8-21-10-17(24)15-6-4-5-7-16(15)20;/h4-7,13-14,17,21H,8-12H2,1-3H3;1H. The molecule has 0 radical (unpaired) electrons. The van der Waals surface area contributed by atoms with Crippen molar-refractivity contribution in [2.75, 3.05) is 26.2 Å². The molecule has 8 heteroatoms. The molecule has 1 N–H and O–H groups in total. The molecule has 1 fully saturated rings. The first kappa shape index (κ1) is 22.1. The normalized spacial score (nSPS) is 19.1. The number of rotatable bonds is 7. The molecule has 0 spiro atoms. The van der Waals surface area contributed by atoms with Crippen LogP contribution in [0.25, 0.3) is 0 Å². The highest BCUT2D eigenvalue weighted by Crippen LogP contribution is 2.29. The van der Waals surface area contributed by atoms with Crippen LogP contribution < -0.4 is 5.32 Å². The highest BCUT2D eigenvalue weighted by atomic mass is 35.5. The summed E-state index contributed by atoms with van der Waals surface area (Å²) in [5.41, 5.74) is 1.12. The van der Waals surface area contributed by atoms with Crippen molar-refractivity contribution >= 4 is 24.0 Å². The Morgan fingerprint density at radius 1 is 1.33 bits per heavy atom. The smallest absolute Gasteiger partial charge is 0.240 e. The Kier molecular flexibility index (Phi) is 8.51. The summed E-state index contributed by atoms with van der Waals surface area (Å²) in [6.07, 6.45) is -0.169. The van der Waals surface area contributed by atoms with Crippen LogP contribution in [-0.2, 0) is 11.3 Å². The zero-order valence-electron chi connectivity index (χ0n) is 16.0. The van der Waals surface area contributed by atoms with Crippen LogP contribution in [0.4, 0.5) is 0 Å². The van der Waals surface area contributed by atoms with Gasteiger partial charge in [0, 0.05) is 37.3 Å². The Labute approximate surface area is 172 Å². The van der Waals surface area contributed by atoms with Gasteiger partial charge < -0.3 is 14.6 Å². The fraction of sp³-hybridized carbons (Fsp3) is 0.579. The lowest BCUT2D eigenvalue weighted by Crippen LogP contribution is -2.45. The summed E-state index contributed by atoms with van der Waals surface area (Å²) in [7, 11) is 0. The van der Waals surface area contributed by atoms with E-state index in [1.165, 1.54) is 0 Å². The van der Waals surface area contributed by atoms with Crippen LogP contribution >= 0.6 is 24.0 Å². The Morgan fingerprint density at radius 3 is 2.85 bits per heavy atom. The predicted octanol–water partition coefficient (Wildman–Crippen LogP) is 4.02. The molecule has 1 aliphatic rings. The van der Waals surface area contributed by atoms with Gasteiger partial charge in [0.2, 0.25) is 5.89 Å². The van der Waals surface area contributed by atoms with Gasteiger partial charge in [-0.25, -0.2) is 0 Å². The Morgan fingerprint density at radius 2 is 2.11 bits per heavy atom. The third-order valence-electron chi connectivity index (χ3n) is 4.48. The van der Waals surface area contributed by atoms with E-state index in [1.54, 1.807) is 0 Å². The molecule has 2 unspecified atom stereocenters. The quantitative estimate of drug-likeness (QED) is 0.737. The lowest BCUT2D eigenvalue weighted by atomic mass is 10.0. The number of nitrogens with one attached hydrogen (secondary N) is 1. The van der Waals surface area contributed by atoms with Crippen molar-refractivity contribution in [2.45, 2.75) is 39.5 Å². The number of hydrogen-bond acceptors (Lipinski definition) is 6. The molecule has 2 aromatic rings. The van der Waals surface area contributed by atoms with E-state index in [4.69, 9.17) is 20.9 Å². The number of nitrogens with zero attached hydrogens (tertiary/aromatic N) is 3. The lowest BCUT2D eigenvalue weighted by molar-refractivity contribution is 0.0402. The van der Waals surface area contributed by atoms with Crippen molar-refractivity contribution in [2.24, 2.45) is 5.92 Å². The second-order valence-corrected chi connectivity index (χ2v) is 7.53. The number of benzene rings is 1. The molecule has 1 aromatic carbocycles. The number of halogens is 2. The minimum Gasteiger partial charge on any atom is -0.370 e. The van der Waals surface area contributed by atoms with Crippen molar-refractivity contribution in [3.05, 3.63) is 46.6 Å². The van der Waals surface area contributed by atoms with Gasteiger partial charge in [-0.1, -0.05) is 48.8 Å². The summed E-state index contributed by atoms with van der Waals surface area (Å²) in [6.45, 7) is 10.1. The minimum atomic E-state index is -0.169. The maximum Gasteiger partial charge on any atom is 0.240 e. The molecule has 3 rings (SSSR count). The highest BCUT2D eigenvalue weighted by Gasteiger charge is 2.27. The van der Waals surface area contributed by atoms with Crippen LogP contribution in [0.2, 0.25) is 5.02 Å². The van der Waals surface area contributed by atoms with E-state index < -0.39 is 0 Å². The molecule has 0 aliphatic carbocycles. The molecule has 150 valence electrons. The SMILES string of the molecule is CC(C)COC(C)c1noc(CN2CCNCC2c2ccccc2Cl)n1.Cl. The second kappa shape index (κ2) is 10.4. The van der Waals surface area contributed by atoms with Crippen LogP contribution in [-0.4, -0.2) is 41.3 Å². The molecule has 6 nitrogen and oxygen atoms in total. The summed E-state index contributed by atoms with van der Waals surface area (Å²) >= 11 is 6.41. The zero-order valence-corrected chi connectivity index (χ0v) is 17.6.